The summed E-state index contributed by atoms with van der Waals surface area (Å²) >= 11 is 0. The fraction of sp³-hybridized carbons (Fsp3) is 0.500. The molecule has 254 valence electrons. The van der Waals surface area contributed by atoms with Crippen molar-refractivity contribution in [2.45, 2.75) is 96.8 Å². The van der Waals surface area contributed by atoms with Crippen LogP contribution in [-0.4, -0.2) is 64.0 Å². The Kier molecular flexibility index (Phi) is 8.31. The first-order valence-corrected chi connectivity index (χ1v) is 17.3. The van der Waals surface area contributed by atoms with Gasteiger partial charge in [0.2, 0.25) is 12.3 Å². The molecule has 2 fully saturated rings. The van der Waals surface area contributed by atoms with E-state index in [4.69, 9.17) is 9.97 Å². The highest BCUT2D eigenvalue weighted by molar-refractivity contribution is 6.08. The highest BCUT2D eigenvalue weighted by Gasteiger charge is 2.50. The lowest BCUT2D eigenvalue weighted by Crippen LogP contribution is -2.55. The number of carbonyl (C=O) groups is 1. The molecule has 3 aliphatic rings. The fourth-order valence-corrected chi connectivity index (χ4v) is 7.89. The van der Waals surface area contributed by atoms with Crippen molar-refractivity contribution in [3.63, 3.8) is 0 Å². The molecule has 4 heterocycles. The van der Waals surface area contributed by atoms with Gasteiger partial charge in [-0.1, -0.05) is 18.2 Å². The molecule has 4 aromatic rings. The van der Waals surface area contributed by atoms with Crippen LogP contribution in [0.25, 0.3) is 22.3 Å². The van der Waals surface area contributed by atoms with Crippen LogP contribution in [0.2, 0.25) is 0 Å². The summed E-state index contributed by atoms with van der Waals surface area (Å²) in [6, 6.07) is 15.3. The largest absolute Gasteiger partial charge is 0.338 e. The van der Waals surface area contributed by atoms with Crippen LogP contribution >= 0.6 is 0 Å². The van der Waals surface area contributed by atoms with Gasteiger partial charge in [0, 0.05) is 53.6 Å². The molecule has 2 unspecified atom stereocenters. The summed E-state index contributed by atoms with van der Waals surface area (Å²) in [5.74, 6) is 0.280. The van der Waals surface area contributed by atoms with Crippen molar-refractivity contribution in [1.82, 2.24) is 24.8 Å². The second-order valence-corrected chi connectivity index (χ2v) is 14.9. The Morgan fingerprint density at radius 3 is 2.48 bits per heavy atom. The monoisotopic (exact) mass is 655 g/mol. The average Bonchev–Trinajstić information content (AvgIpc) is 3.74. The summed E-state index contributed by atoms with van der Waals surface area (Å²) < 4.78 is 28.8. The third-order valence-electron chi connectivity index (χ3n) is 11.1. The molecule has 1 amide bonds. The molecule has 1 saturated carbocycles. The molecule has 8 nitrogen and oxygen atoms in total. The standard InChI is InChI=1S/C38H47F2N7O/c1-21(2)46-20-42-32-18-31(44-36(34(32)46)43-26-10-8-22(3)29(15-26)23(4)41-7)24-9-11-30-33(14-24)47(37(48)38(30,5)6)28-16-27(17-28)45-13-12-25(19-45)35(39)40/h8-11,14-15,18,20-21,23,25,27-28,35,41H,12-13,16-17,19H2,1-7H3,(H,43,44)/t23?,25?,27-,28+. The van der Waals surface area contributed by atoms with Gasteiger partial charge in [0.1, 0.15) is 5.52 Å². The number of nitrogens with one attached hydrogen (secondary N) is 2. The molecule has 0 radical (unpaired) electrons. The lowest BCUT2D eigenvalue weighted by atomic mass is 9.83. The van der Waals surface area contributed by atoms with Crippen molar-refractivity contribution in [1.29, 1.82) is 0 Å². The van der Waals surface area contributed by atoms with Crippen molar-refractivity contribution in [3.8, 4) is 11.3 Å². The van der Waals surface area contributed by atoms with E-state index in [0.717, 1.165) is 57.9 Å². The Morgan fingerprint density at radius 1 is 1.02 bits per heavy atom. The number of imidazole rings is 1. The number of aryl methyl sites for hydroxylation is 1. The highest BCUT2D eigenvalue weighted by Crippen LogP contribution is 2.48. The predicted octanol–water partition coefficient (Wildman–Crippen LogP) is 7.75. The van der Waals surface area contributed by atoms with Gasteiger partial charge in [-0.15, -0.1) is 0 Å². The zero-order valence-electron chi connectivity index (χ0n) is 29.0. The fourth-order valence-electron chi connectivity index (χ4n) is 7.89. The molecule has 2 aliphatic heterocycles. The summed E-state index contributed by atoms with van der Waals surface area (Å²) in [6.07, 6.45) is 1.76. The number of nitrogens with zero attached hydrogens (tertiary/aromatic N) is 5. The summed E-state index contributed by atoms with van der Waals surface area (Å²) in [5, 5.41) is 6.98. The molecule has 2 N–H and O–H groups in total. The van der Waals surface area contributed by atoms with Crippen LogP contribution in [0.15, 0.2) is 48.8 Å². The zero-order chi connectivity index (χ0) is 34.1. The van der Waals surface area contributed by atoms with Crippen LogP contribution in [0.1, 0.15) is 82.7 Å². The Hall–Kier alpha value is -3.89. The van der Waals surface area contributed by atoms with E-state index in [-0.39, 0.29) is 30.1 Å². The molecule has 2 atom stereocenters. The Bertz CT molecular complexity index is 1860. The zero-order valence-corrected chi connectivity index (χ0v) is 29.0. The number of aromatic nitrogens is 3. The minimum absolute atomic E-state index is 0.0500. The second-order valence-electron chi connectivity index (χ2n) is 14.9. The normalized spacial score (nSPS) is 22.9. The first kappa shape index (κ1) is 32.6. The van der Waals surface area contributed by atoms with E-state index in [1.807, 2.05) is 38.2 Å². The van der Waals surface area contributed by atoms with Crippen LogP contribution in [0.5, 0.6) is 0 Å². The average molecular weight is 656 g/mol. The number of alkyl halides is 2. The number of rotatable bonds is 9. The van der Waals surface area contributed by atoms with E-state index >= 15 is 0 Å². The van der Waals surface area contributed by atoms with E-state index in [2.05, 4.69) is 84.2 Å². The third-order valence-corrected chi connectivity index (χ3v) is 11.1. The van der Waals surface area contributed by atoms with Gasteiger partial charge in [-0.3, -0.25) is 9.69 Å². The van der Waals surface area contributed by atoms with Crippen LogP contribution in [0.4, 0.5) is 26.0 Å². The SMILES string of the molecule is CNC(C)c1cc(Nc2nc(-c3ccc4c(c3)N([C@H]3C[C@@H](N5CCC(C(F)F)C5)C3)C(=O)C4(C)C)cc3ncn(C(C)C)c23)ccc1C. The number of anilines is 3. The number of benzene rings is 2. The number of hydrogen-bond donors (Lipinski definition) is 2. The Labute approximate surface area is 281 Å². The molecule has 48 heavy (non-hydrogen) atoms. The van der Waals surface area contributed by atoms with E-state index in [1.54, 1.807) is 0 Å². The van der Waals surface area contributed by atoms with Crippen LogP contribution in [0.3, 0.4) is 0 Å². The molecule has 0 bridgehead atoms. The van der Waals surface area contributed by atoms with Gasteiger partial charge in [0.05, 0.1) is 23.0 Å². The van der Waals surface area contributed by atoms with Crippen LogP contribution in [-0.2, 0) is 10.2 Å². The van der Waals surface area contributed by atoms with E-state index in [9.17, 15) is 13.6 Å². The van der Waals surface area contributed by atoms with Gasteiger partial charge in [-0.05, 0) is 115 Å². The number of carbonyl (C=O) groups excluding carboxylic acids is 1. The quantitative estimate of drug-likeness (QED) is 0.192. The first-order valence-electron chi connectivity index (χ1n) is 17.3. The lowest BCUT2D eigenvalue weighted by Gasteiger charge is -2.46. The first-order chi connectivity index (χ1) is 22.9. The van der Waals surface area contributed by atoms with E-state index < -0.39 is 17.8 Å². The summed E-state index contributed by atoms with van der Waals surface area (Å²) in [4.78, 5) is 28.1. The minimum Gasteiger partial charge on any atom is -0.338 e. The lowest BCUT2D eigenvalue weighted by molar-refractivity contribution is -0.123. The smallest absolute Gasteiger partial charge is 0.242 e. The molecular formula is C38H47F2N7O. The summed E-state index contributed by atoms with van der Waals surface area (Å²) in [7, 11) is 1.97. The number of halogens is 2. The number of likely N-dealkylation sites (tertiary alicyclic amines) is 1. The van der Waals surface area contributed by atoms with Gasteiger partial charge in [0.15, 0.2) is 5.82 Å². The summed E-state index contributed by atoms with van der Waals surface area (Å²) in [5.41, 5.74) is 8.13. The maximum atomic E-state index is 13.9. The van der Waals surface area contributed by atoms with Crippen LogP contribution in [0, 0.1) is 12.8 Å². The molecule has 2 aromatic heterocycles. The van der Waals surface area contributed by atoms with Gasteiger partial charge >= 0.3 is 0 Å². The highest BCUT2D eigenvalue weighted by atomic mass is 19.3. The second kappa shape index (κ2) is 12.2. The number of fused-ring (bicyclic) bond motifs is 2. The number of hydrogen-bond acceptors (Lipinski definition) is 6. The van der Waals surface area contributed by atoms with Gasteiger partial charge in [0.25, 0.3) is 0 Å². The Balaban J connectivity index is 1.23. The van der Waals surface area contributed by atoms with Crippen LogP contribution < -0.4 is 15.5 Å². The minimum atomic E-state index is -2.27. The molecule has 7 rings (SSSR count). The Morgan fingerprint density at radius 2 is 1.79 bits per heavy atom. The number of amides is 1. The van der Waals surface area contributed by atoms with Crippen molar-refractivity contribution in [3.05, 3.63) is 65.5 Å². The molecule has 0 spiro atoms. The molecule has 2 aromatic carbocycles. The van der Waals surface area contributed by atoms with Crippen molar-refractivity contribution < 1.29 is 13.6 Å². The maximum absolute atomic E-state index is 13.9. The number of pyridine rings is 1. The van der Waals surface area contributed by atoms with Crippen molar-refractivity contribution in [2.75, 3.05) is 30.4 Å². The van der Waals surface area contributed by atoms with Gasteiger partial charge in [-0.2, -0.15) is 0 Å². The predicted molar refractivity (Wildman–Crippen MR) is 188 cm³/mol. The van der Waals surface area contributed by atoms with E-state index in [1.165, 1.54) is 11.1 Å². The molecule has 1 saturated heterocycles. The van der Waals surface area contributed by atoms with E-state index in [0.29, 0.717) is 19.5 Å². The molecule has 1 aliphatic carbocycles. The maximum Gasteiger partial charge on any atom is 0.242 e. The topological polar surface area (TPSA) is 78.3 Å². The molecule has 10 heteroatoms. The summed E-state index contributed by atoms with van der Waals surface area (Å²) in [6.45, 7) is 13.7. The van der Waals surface area contributed by atoms with Crippen molar-refractivity contribution in [2.24, 2.45) is 5.92 Å². The molecular weight excluding hydrogens is 608 g/mol. The van der Waals surface area contributed by atoms with Crippen molar-refractivity contribution >= 4 is 34.1 Å². The third kappa shape index (κ3) is 5.47. The van der Waals surface area contributed by atoms with Gasteiger partial charge < -0.3 is 20.1 Å². The van der Waals surface area contributed by atoms with Gasteiger partial charge in [-0.25, -0.2) is 18.7 Å².